The Morgan fingerprint density at radius 3 is 2.22 bits per heavy atom. The summed E-state index contributed by atoms with van der Waals surface area (Å²) in [6.45, 7) is 2.45. The summed E-state index contributed by atoms with van der Waals surface area (Å²) in [7, 11) is -4.23. The minimum Gasteiger partial charge on any atom is -0.484 e. The Kier molecular flexibility index (Phi) is 8.24. The number of para-hydroxylation sites is 1. The summed E-state index contributed by atoms with van der Waals surface area (Å²) < 4.78 is 32.4. The lowest BCUT2D eigenvalue weighted by molar-refractivity contribution is -0.140. The van der Waals surface area contributed by atoms with Gasteiger partial charge in [-0.1, -0.05) is 42.5 Å². The highest BCUT2D eigenvalue weighted by molar-refractivity contribution is 7.92. The van der Waals surface area contributed by atoms with Crippen molar-refractivity contribution in [2.75, 3.05) is 32.8 Å². The van der Waals surface area contributed by atoms with Gasteiger partial charge in [-0.25, -0.2) is 8.42 Å². The second kappa shape index (κ2) is 11.6. The first-order valence-corrected chi connectivity index (χ1v) is 14.1. The maximum Gasteiger partial charge on any atom is 0.262 e. The topological polar surface area (TPSA) is 113 Å². The fourth-order valence-electron chi connectivity index (χ4n) is 3.91. The first-order chi connectivity index (χ1) is 17.8. The van der Waals surface area contributed by atoms with Crippen LogP contribution in [0.3, 0.4) is 0 Å². The van der Waals surface area contributed by atoms with Crippen molar-refractivity contribution in [3.63, 3.8) is 0 Å². The van der Waals surface area contributed by atoms with E-state index in [9.17, 15) is 22.8 Å². The van der Waals surface area contributed by atoms with Gasteiger partial charge in [0.15, 0.2) is 6.61 Å². The van der Waals surface area contributed by atoms with Gasteiger partial charge >= 0.3 is 0 Å². The first kappa shape index (κ1) is 26.4. The molecule has 2 heterocycles. The number of nitrogens with one attached hydrogen (secondary N) is 1. The highest BCUT2D eigenvalue weighted by atomic mass is 32.2. The number of aryl methyl sites for hydroxylation is 1. The Hall–Kier alpha value is -3.70. The second-order valence-corrected chi connectivity index (χ2v) is 11.4. The molecule has 1 aliphatic rings. The SMILES string of the molecule is Cc1ccccc1OCC(=O)N1CCN(C(=O)[C@H](NC(=O)c2cccs2)S(=O)(=O)c2ccccc2)CC1. The second-order valence-electron chi connectivity index (χ2n) is 8.45. The van der Waals surface area contributed by atoms with Crippen LogP contribution in [-0.4, -0.2) is 74.1 Å². The third-order valence-corrected chi connectivity index (χ3v) is 8.74. The van der Waals surface area contributed by atoms with Gasteiger partial charge in [0, 0.05) is 26.2 Å². The van der Waals surface area contributed by atoms with E-state index < -0.39 is 27.0 Å². The molecule has 3 aromatic rings. The zero-order valence-electron chi connectivity index (χ0n) is 20.2. The van der Waals surface area contributed by atoms with E-state index in [1.165, 1.54) is 17.0 Å². The zero-order chi connectivity index (χ0) is 26.4. The Bertz CT molecular complexity index is 1350. The number of carbonyl (C=O) groups is 3. The largest absolute Gasteiger partial charge is 0.484 e. The molecule has 9 nitrogen and oxygen atoms in total. The van der Waals surface area contributed by atoms with Crippen molar-refractivity contribution < 1.29 is 27.5 Å². The highest BCUT2D eigenvalue weighted by Gasteiger charge is 2.39. The van der Waals surface area contributed by atoms with Crippen LogP contribution in [0.4, 0.5) is 0 Å². The fraction of sp³-hybridized carbons (Fsp3) is 0.269. The molecule has 11 heteroatoms. The fourth-order valence-corrected chi connectivity index (χ4v) is 6.02. The van der Waals surface area contributed by atoms with Gasteiger partial charge in [0.1, 0.15) is 5.75 Å². The molecule has 1 fully saturated rings. The molecule has 0 bridgehead atoms. The molecule has 1 aromatic heterocycles. The van der Waals surface area contributed by atoms with Gasteiger partial charge in [-0.15, -0.1) is 11.3 Å². The van der Waals surface area contributed by atoms with E-state index in [2.05, 4.69) is 5.32 Å². The van der Waals surface area contributed by atoms with Crippen molar-refractivity contribution >= 4 is 38.9 Å². The molecule has 1 aliphatic heterocycles. The first-order valence-electron chi connectivity index (χ1n) is 11.7. The number of hydrogen-bond donors (Lipinski definition) is 1. The van der Waals surface area contributed by atoms with Crippen LogP contribution in [0.1, 0.15) is 15.2 Å². The highest BCUT2D eigenvalue weighted by Crippen LogP contribution is 2.19. The van der Waals surface area contributed by atoms with Crippen molar-refractivity contribution in [3.8, 4) is 5.75 Å². The normalized spacial score (nSPS) is 14.6. The van der Waals surface area contributed by atoms with E-state index in [-0.39, 0.29) is 43.6 Å². The summed E-state index contributed by atoms with van der Waals surface area (Å²) in [6.07, 6.45) is 0. The Balaban J connectivity index is 1.43. The zero-order valence-corrected chi connectivity index (χ0v) is 21.8. The maximum absolute atomic E-state index is 13.5. The van der Waals surface area contributed by atoms with Gasteiger partial charge in [-0.3, -0.25) is 14.4 Å². The van der Waals surface area contributed by atoms with Crippen molar-refractivity contribution in [2.45, 2.75) is 17.2 Å². The number of amides is 3. The standard InChI is InChI=1S/C26H27N3O6S2/c1-19-8-5-6-11-21(19)35-18-23(30)28-13-15-29(16-14-28)26(32)25(27-24(31)22-12-7-17-36-22)37(33,34)20-9-3-2-4-10-20/h2-12,17,25H,13-16,18H2,1H3,(H,27,31)/t25-/m1/s1. The van der Waals surface area contributed by atoms with Gasteiger partial charge in [0.2, 0.25) is 15.2 Å². The van der Waals surface area contributed by atoms with E-state index in [0.29, 0.717) is 10.6 Å². The van der Waals surface area contributed by atoms with E-state index in [4.69, 9.17) is 4.74 Å². The van der Waals surface area contributed by atoms with Crippen molar-refractivity contribution in [3.05, 3.63) is 82.6 Å². The summed E-state index contributed by atoms with van der Waals surface area (Å²) in [6, 6.07) is 18.2. The molecule has 0 radical (unpaired) electrons. The van der Waals surface area contributed by atoms with Crippen molar-refractivity contribution in [2.24, 2.45) is 0 Å². The molecule has 4 rings (SSSR count). The minimum atomic E-state index is -4.23. The Labute approximate surface area is 219 Å². The van der Waals surface area contributed by atoms with Crippen LogP contribution in [0.5, 0.6) is 5.75 Å². The predicted octanol–water partition coefficient (Wildman–Crippen LogP) is 2.34. The quantitative estimate of drug-likeness (QED) is 0.469. The van der Waals surface area contributed by atoms with Gasteiger partial charge in [0.25, 0.3) is 17.7 Å². The molecule has 1 saturated heterocycles. The number of rotatable bonds is 8. The number of sulfone groups is 1. The Morgan fingerprint density at radius 2 is 1.57 bits per heavy atom. The number of benzene rings is 2. The summed E-state index contributed by atoms with van der Waals surface area (Å²) in [5.74, 6) is -0.984. The molecule has 194 valence electrons. The number of nitrogens with zero attached hydrogens (tertiary/aromatic N) is 2. The molecule has 0 saturated carbocycles. The molecule has 2 aromatic carbocycles. The Morgan fingerprint density at radius 1 is 0.919 bits per heavy atom. The van der Waals surface area contributed by atoms with Crippen molar-refractivity contribution in [1.82, 2.24) is 15.1 Å². The van der Waals surface area contributed by atoms with Crippen LogP contribution < -0.4 is 10.1 Å². The molecule has 3 amide bonds. The number of hydrogen-bond acceptors (Lipinski definition) is 7. The van der Waals surface area contributed by atoms with Crippen LogP contribution >= 0.6 is 11.3 Å². The lowest BCUT2D eigenvalue weighted by Gasteiger charge is -2.36. The molecule has 37 heavy (non-hydrogen) atoms. The number of carbonyl (C=O) groups excluding carboxylic acids is 3. The van der Waals surface area contributed by atoms with Crippen LogP contribution in [-0.2, 0) is 19.4 Å². The van der Waals surface area contributed by atoms with E-state index in [1.807, 2.05) is 25.1 Å². The van der Waals surface area contributed by atoms with Gasteiger partial charge in [-0.05, 0) is 42.1 Å². The molecule has 1 N–H and O–H groups in total. The molecular weight excluding hydrogens is 514 g/mol. The number of thiophene rings is 1. The summed E-state index contributed by atoms with van der Waals surface area (Å²) in [4.78, 5) is 42.0. The van der Waals surface area contributed by atoms with E-state index >= 15 is 0 Å². The van der Waals surface area contributed by atoms with Crippen LogP contribution in [0.25, 0.3) is 0 Å². The van der Waals surface area contributed by atoms with Crippen LogP contribution in [0, 0.1) is 6.92 Å². The lowest BCUT2D eigenvalue weighted by Crippen LogP contribution is -2.58. The smallest absolute Gasteiger partial charge is 0.262 e. The van der Waals surface area contributed by atoms with E-state index in [1.54, 1.807) is 46.7 Å². The number of piperazine rings is 1. The lowest BCUT2D eigenvalue weighted by atomic mass is 10.2. The third-order valence-electron chi connectivity index (χ3n) is 6.00. The molecule has 0 unspecified atom stereocenters. The number of ether oxygens (including phenoxy) is 1. The maximum atomic E-state index is 13.5. The van der Waals surface area contributed by atoms with Gasteiger partial charge < -0.3 is 19.9 Å². The third kappa shape index (κ3) is 6.17. The van der Waals surface area contributed by atoms with Gasteiger partial charge in [-0.2, -0.15) is 0 Å². The van der Waals surface area contributed by atoms with Crippen molar-refractivity contribution in [1.29, 1.82) is 0 Å². The molecule has 0 spiro atoms. The minimum absolute atomic E-state index is 0.0676. The summed E-state index contributed by atoms with van der Waals surface area (Å²) >= 11 is 1.15. The monoisotopic (exact) mass is 541 g/mol. The van der Waals surface area contributed by atoms with Crippen LogP contribution in [0.2, 0.25) is 0 Å². The summed E-state index contributed by atoms with van der Waals surface area (Å²) in [5.41, 5.74) is 0.918. The molecule has 0 aliphatic carbocycles. The van der Waals surface area contributed by atoms with E-state index in [0.717, 1.165) is 16.9 Å². The molecular formula is C26H27N3O6S2. The summed E-state index contributed by atoms with van der Waals surface area (Å²) in [5, 5.41) is 2.32. The van der Waals surface area contributed by atoms with Crippen LogP contribution in [0.15, 0.2) is 77.0 Å². The average molecular weight is 542 g/mol. The average Bonchev–Trinajstić information content (AvgIpc) is 3.46. The molecule has 1 atom stereocenters. The van der Waals surface area contributed by atoms with Gasteiger partial charge in [0.05, 0.1) is 9.77 Å². The predicted molar refractivity (Wildman–Crippen MR) is 139 cm³/mol.